The molecule has 1 aliphatic carbocycles. The first-order chi connectivity index (χ1) is 5.70. The van der Waals surface area contributed by atoms with Crippen molar-refractivity contribution in [1.82, 2.24) is 0 Å². The Morgan fingerprint density at radius 1 is 1.42 bits per heavy atom. The third-order valence-electron chi connectivity index (χ3n) is 2.85. The second kappa shape index (κ2) is 4.58. The second-order valence-electron chi connectivity index (χ2n) is 3.75. The van der Waals surface area contributed by atoms with Crippen LogP contribution < -0.4 is 0 Å². The van der Waals surface area contributed by atoms with E-state index < -0.39 is 6.08 Å². The van der Waals surface area contributed by atoms with Crippen LogP contribution in [0.25, 0.3) is 0 Å². The van der Waals surface area contributed by atoms with Gasteiger partial charge in [0, 0.05) is 0 Å². The zero-order valence-corrected chi connectivity index (χ0v) is 7.52. The largest absolute Gasteiger partial charge is 0.266 e. The molecular formula is C10H16F2. The number of hydrogen-bond donors (Lipinski definition) is 0. The van der Waals surface area contributed by atoms with Gasteiger partial charge in [0.05, 0.1) is 0 Å². The lowest BCUT2D eigenvalue weighted by Gasteiger charge is -2.16. The molecule has 0 spiro atoms. The molecule has 1 saturated carbocycles. The summed E-state index contributed by atoms with van der Waals surface area (Å²) < 4.78 is 23.5. The SMILES string of the molecule is CC(CC=C(F)F)C1CCCC1. The zero-order valence-electron chi connectivity index (χ0n) is 7.52. The lowest BCUT2D eigenvalue weighted by Crippen LogP contribution is -2.06. The molecule has 12 heavy (non-hydrogen) atoms. The van der Waals surface area contributed by atoms with Gasteiger partial charge in [-0.25, -0.2) is 0 Å². The molecular weight excluding hydrogens is 158 g/mol. The third kappa shape index (κ3) is 2.92. The van der Waals surface area contributed by atoms with Crippen LogP contribution in [0, 0.1) is 11.8 Å². The number of allylic oxidation sites excluding steroid dienone is 1. The van der Waals surface area contributed by atoms with Gasteiger partial charge >= 0.3 is 0 Å². The minimum absolute atomic E-state index is 0.439. The third-order valence-corrected chi connectivity index (χ3v) is 2.85. The van der Waals surface area contributed by atoms with E-state index in [1.807, 2.05) is 0 Å². The molecule has 0 radical (unpaired) electrons. The lowest BCUT2D eigenvalue weighted by molar-refractivity contribution is 0.357. The van der Waals surface area contributed by atoms with E-state index in [0.717, 1.165) is 6.08 Å². The Hall–Kier alpha value is -0.400. The van der Waals surface area contributed by atoms with Gasteiger partial charge < -0.3 is 0 Å². The second-order valence-corrected chi connectivity index (χ2v) is 3.75. The van der Waals surface area contributed by atoms with E-state index in [0.29, 0.717) is 18.3 Å². The van der Waals surface area contributed by atoms with E-state index in [1.165, 1.54) is 25.7 Å². The summed E-state index contributed by atoms with van der Waals surface area (Å²) in [5.74, 6) is 1.13. The minimum Gasteiger partial charge on any atom is -0.174 e. The van der Waals surface area contributed by atoms with Crippen LogP contribution >= 0.6 is 0 Å². The lowest BCUT2D eigenvalue weighted by atomic mass is 9.90. The van der Waals surface area contributed by atoms with Gasteiger partial charge in [0.2, 0.25) is 0 Å². The van der Waals surface area contributed by atoms with Gasteiger partial charge in [-0.3, -0.25) is 0 Å². The standard InChI is InChI=1S/C10H16F2/c1-8(6-7-10(11)12)9-4-2-3-5-9/h7-9H,2-6H2,1H3. The maximum Gasteiger partial charge on any atom is 0.266 e. The van der Waals surface area contributed by atoms with Crippen LogP contribution in [0.4, 0.5) is 8.78 Å². The smallest absolute Gasteiger partial charge is 0.174 e. The molecule has 0 bridgehead atoms. The highest BCUT2D eigenvalue weighted by Gasteiger charge is 2.20. The Balaban J connectivity index is 2.27. The Bertz CT molecular complexity index is 153. The van der Waals surface area contributed by atoms with Crippen molar-refractivity contribution in [2.75, 3.05) is 0 Å². The molecule has 1 unspecified atom stereocenters. The van der Waals surface area contributed by atoms with Crippen LogP contribution in [0.1, 0.15) is 39.0 Å². The molecule has 2 heteroatoms. The van der Waals surface area contributed by atoms with Crippen LogP contribution in [0.3, 0.4) is 0 Å². The molecule has 0 aromatic carbocycles. The highest BCUT2D eigenvalue weighted by Crippen LogP contribution is 2.33. The van der Waals surface area contributed by atoms with Gasteiger partial charge in [-0.05, 0) is 24.3 Å². The quantitative estimate of drug-likeness (QED) is 0.607. The predicted molar refractivity (Wildman–Crippen MR) is 46.0 cm³/mol. The van der Waals surface area contributed by atoms with Crippen molar-refractivity contribution in [3.63, 3.8) is 0 Å². The van der Waals surface area contributed by atoms with Crippen molar-refractivity contribution in [3.05, 3.63) is 12.2 Å². The van der Waals surface area contributed by atoms with E-state index in [1.54, 1.807) is 0 Å². The van der Waals surface area contributed by atoms with Crippen LogP contribution in [-0.2, 0) is 0 Å². The predicted octanol–water partition coefficient (Wildman–Crippen LogP) is 3.98. The van der Waals surface area contributed by atoms with Crippen LogP contribution in [-0.4, -0.2) is 0 Å². The number of rotatable bonds is 3. The van der Waals surface area contributed by atoms with E-state index in [-0.39, 0.29) is 0 Å². The molecule has 1 aliphatic rings. The summed E-state index contributed by atoms with van der Waals surface area (Å²) in [5, 5.41) is 0. The van der Waals surface area contributed by atoms with Gasteiger partial charge in [-0.2, -0.15) is 8.78 Å². The molecule has 1 atom stereocenters. The van der Waals surface area contributed by atoms with Gasteiger partial charge in [0.15, 0.2) is 0 Å². The summed E-state index contributed by atoms with van der Waals surface area (Å²) in [4.78, 5) is 0. The molecule has 0 aromatic rings. The highest BCUT2D eigenvalue weighted by molar-refractivity contribution is 4.85. The van der Waals surface area contributed by atoms with Crippen molar-refractivity contribution in [1.29, 1.82) is 0 Å². The first-order valence-electron chi connectivity index (χ1n) is 4.71. The average Bonchev–Trinajstić information content (AvgIpc) is 2.51. The number of hydrogen-bond acceptors (Lipinski definition) is 0. The molecule has 0 aromatic heterocycles. The van der Waals surface area contributed by atoms with Gasteiger partial charge in [0.1, 0.15) is 0 Å². The molecule has 1 rings (SSSR count). The monoisotopic (exact) mass is 174 g/mol. The van der Waals surface area contributed by atoms with Crippen LogP contribution in [0.2, 0.25) is 0 Å². The molecule has 0 saturated heterocycles. The highest BCUT2D eigenvalue weighted by atomic mass is 19.3. The van der Waals surface area contributed by atoms with E-state index >= 15 is 0 Å². The zero-order chi connectivity index (χ0) is 8.97. The fraction of sp³-hybridized carbons (Fsp3) is 0.800. The van der Waals surface area contributed by atoms with Gasteiger partial charge in [-0.1, -0.05) is 32.6 Å². The molecule has 70 valence electrons. The van der Waals surface area contributed by atoms with Crippen molar-refractivity contribution in [2.24, 2.45) is 11.8 Å². The first-order valence-corrected chi connectivity index (χ1v) is 4.71. The minimum atomic E-state index is -1.53. The molecule has 0 heterocycles. The van der Waals surface area contributed by atoms with Crippen molar-refractivity contribution in [2.45, 2.75) is 39.0 Å². The first kappa shape index (κ1) is 9.69. The summed E-state index contributed by atoms with van der Waals surface area (Å²) in [5.41, 5.74) is 0. The van der Waals surface area contributed by atoms with Gasteiger partial charge in [0.25, 0.3) is 6.08 Å². The number of halogens is 2. The van der Waals surface area contributed by atoms with Crippen molar-refractivity contribution in [3.8, 4) is 0 Å². The summed E-state index contributed by atoms with van der Waals surface area (Å²) in [6, 6.07) is 0. The Morgan fingerprint density at radius 3 is 2.50 bits per heavy atom. The topological polar surface area (TPSA) is 0 Å². The van der Waals surface area contributed by atoms with E-state index in [4.69, 9.17) is 0 Å². The normalized spacial score (nSPS) is 20.9. The summed E-state index contributed by atoms with van der Waals surface area (Å²) in [6.07, 6.45) is 5.13. The van der Waals surface area contributed by atoms with Crippen molar-refractivity contribution < 1.29 is 8.78 Å². The maximum atomic E-state index is 11.7. The van der Waals surface area contributed by atoms with Crippen LogP contribution in [0.5, 0.6) is 0 Å². The van der Waals surface area contributed by atoms with E-state index in [2.05, 4.69) is 6.92 Å². The Morgan fingerprint density at radius 2 is 2.00 bits per heavy atom. The molecule has 0 aliphatic heterocycles. The fourth-order valence-electron chi connectivity index (χ4n) is 1.99. The van der Waals surface area contributed by atoms with Crippen LogP contribution in [0.15, 0.2) is 12.2 Å². The maximum absolute atomic E-state index is 11.7. The fourth-order valence-corrected chi connectivity index (χ4v) is 1.99. The summed E-state index contributed by atoms with van der Waals surface area (Å²) in [6.45, 7) is 2.08. The summed E-state index contributed by atoms with van der Waals surface area (Å²) >= 11 is 0. The molecule has 1 fully saturated rings. The molecule has 0 nitrogen and oxygen atoms in total. The van der Waals surface area contributed by atoms with Crippen molar-refractivity contribution >= 4 is 0 Å². The molecule has 0 amide bonds. The van der Waals surface area contributed by atoms with E-state index in [9.17, 15) is 8.78 Å². The Labute approximate surface area is 72.7 Å². The summed E-state index contributed by atoms with van der Waals surface area (Å²) in [7, 11) is 0. The van der Waals surface area contributed by atoms with Gasteiger partial charge in [-0.15, -0.1) is 0 Å². The molecule has 0 N–H and O–H groups in total. The Kier molecular flexibility index (Phi) is 3.70. The average molecular weight is 174 g/mol.